The second-order valence-electron chi connectivity index (χ2n) is 10.9. The molecule has 3 nitrogen and oxygen atoms in total. The molecule has 0 unspecified atom stereocenters. The molecule has 0 aliphatic rings. The standard InChI is InChI=1S/C40H27N3/c1-26-9-6-10-27(2)39(26)30-17-19-37-35(22-30)36-23-31(40-32(24-41)14-7-15-33(40)25-42)18-20-38(36)43(37)34-16-8-13-29(21-34)28-11-4-3-5-12-28/h3-23H,1-2H3. The van der Waals surface area contributed by atoms with Gasteiger partial charge < -0.3 is 4.57 Å². The lowest BCUT2D eigenvalue weighted by atomic mass is 9.93. The van der Waals surface area contributed by atoms with Crippen molar-refractivity contribution in [1.82, 2.24) is 4.57 Å². The number of benzene rings is 6. The topological polar surface area (TPSA) is 52.5 Å². The van der Waals surface area contributed by atoms with Crippen LogP contribution in [0.25, 0.3) is 60.9 Å². The summed E-state index contributed by atoms with van der Waals surface area (Å²) >= 11 is 0. The first-order valence-corrected chi connectivity index (χ1v) is 14.3. The number of rotatable bonds is 4. The van der Waals surface area contributed by atoms with Crippen molar-refractivity contribution in [3.63, 3.8) is 0 Å². The molecule has 0 N–H and O–H groups in total. The van der Waals surface area contributed by atoms with Gasteiger partial charge in [0.15, 0.2) is 0 Å². The van der Waals surface area contributed by atoms with Gasteiger partial charge in [-0.15, -0.1) is 0 Å². The van der Waals surface area contributed by atoms with Gasteiger partial charge in [-0.1, -0.05) is 78.9 Å². The van der Waals surface area contributed by atoms with Gasteiger partial charge in [0, 0.05) is 22.0 Å². The molecular weight excluding hydrogens is 522 g/mol. The third kappa shape index (κ3) is 4.36. The van der Waals surface area contributed by atoms with Gasteiger partial charge in [-0.2, -0.15) is 10.5 Å². The van der Waals surface area contributed by atoms with E-state index in [1.54, 1.807) is 18.2 Å². The minimum atomic E-state index is 0.494. The highest BCUT2D eigenvalue weighted by Crippen LogP contribution is 2.39. The summed E-state index contributed by atoms with van der Waals surface area (Å²) in [6.07, 6.45) is 0. The van der Waals surface area contributed by atoms with E-state index in [4.69, 9.17) is 0 Å². The van der Waals surface area contributed by atoms with Crippen molar-refractivity contribution in [1.29, 1.82) is 10.5 Å². The Morgan fingerprint density at radius 1 is 0.465 bits per heavy atom. The van der Waals surface area contributed by atoms with Crippen molar-refractivity contribution < 1.29 is 0 Å². The number of nitriles is 2. The molecule has 0 fully saturated rings. The van der Waals surface area contributed by atoms with Crippen LogP contribution in [-0.4, -0.2) is 4.57 Å². The summed E-state index contributed by atoms with van der Waals surface area (Å²) < 4.78 is 2.32. The van der Waals surface area contributed by atoms with Crippen molar-refractivity contribution >= 4 is 21.8 Å². The van der Waals surface area contributed by atoms with E-state index in [1.165, 1.54) is 27.8 Å². The fourth-order valence-electron chi connectivity index (χ4n) is 6.39. The van der Waals surface area contributed by atoms with Gasteiger partial charge in [0.1, 0.15) is 0 Å². The van der Waals surface area contributed by atoms with E-state index < -0.39 is 0 Å². The lowest BCUT2D eigenvalue weighted by Gasteiger charge is -2.12. The van der Waals surface area contributed by atoms with Crippen molar-refractivity contribution in [3.05, 3.63) is 150 Å². The maximum absolute atomic E-state index is 9.91. The van der Waals surface area contributed by atoms with Gasteiger partial charge in [-0.3, -0.25) is 0 Å². The Morgan fingerprint density at radius 2 is 1.00 bits per heavy atom. The molecule has 0 spiro atoms. The highest BCUT2D eigenvalue weighted by molar-refractivity contribution is 6.12. The molecule has 0 radical (unpaired) electrons. The van der Waals surface area contributed by atoms with E-state index in [9.17, 15) is 10.5 Å². The van der Waals surface area contributed by atoms with E-state index in [2.05, 4.69) is 128 Å². The summed E-state index contributed by atoms with van der Waals surface area (Å²) in [5.41, 5.74) is 13.0. The average molecular weight is 550 g/mol. The first-order valence-electron chi connectivity index (χ1n) is 14.3. The van der Waals surface area contributed by atoms with Crippen LogP contribution in [-0.2, 0) is 0 Å². The fourth-order valence-corrected chi connectivity index (χ4v) is 6.39. The van der Waals surface area contributed by atoms with Gasteiger partial charge in [0.2, 0.25) is 0 Å². The summed E-state index contributed by atoms with van der Waals surface area (Å²) in [6, 6.07) is 48.4. The van der Waals surface area contributed by atoms with Crippen LogP contribution in [0.1, 0.15) is 22.3 Å². The molecule has 6 aromatic carbocycles. The summed E-state index contributed by atoms with van der Waals surface area (Å²) in [7, 11) is 0. The summed E-state index contributed by atoms with van der Waals surface area (Å²) in [5.74, 6) is 0. The van der Waals surface area contributed by atoms with Crippen molar-refractivity contribution in [2.24, 2.45) is 0 Å². The maximum Gasteiger partial charge on any atom is 0.0998 e. The highest BCUT2D eigenvalue weighted by Gasteiger charge is 2.18. The lowest BCUT2D eigenvalue weighted by Crippen LogP contribution is -1.95. The van der Waals surface area contributed by atoms with Crippen LogP contribution in [0.5, 0.6) is 0 Å². The monoisotopic (exact) mass is 549 g/mol. The summed E-state index contributed by atoms with van der Waals surface area (Å²) in [5, 5.41) is 22.0. The number of hydrogen-bond donors (Lipinski definition) is 0. The van der Waals surface area contributed by atoms with E-state index >= 15 is 0 Å². The Hall–Kier alpha value is -5.90. The van der Waals surface area contributed by atoms with Gasteiger partial charge in [-0.25, -0.2) is 0 Å². The zero-order valence-corrected chi connectivity index (χ0v) is 24.0. The highest BCUT2D eigenvalue weighted by atomic mass is 15.0. The van der Waals surface area contributed by atoms with Gasteiger partial charge >= 0.3 is 0 Å². The lowest BCUT2D eigenvalue weighted by molar-refractivity contribution is 1.18. The minimum absolute atomic E-state index is 0.494. The first-order chi connectivity index (χ1) is 21.1. The summed E-state index contributed by atoms with van der Waals surface area (Å²) in [4.78, 5) is 0. The zero-order chi connectivity index (χ0) is 29.5. The number of nitrogens with zero attached hydrogens (tertiary/aromatic N) is 3. The van der Waals surface area contributed by atoms with Crippen molar-refractivity contribution in [2.45, 2.75) is 13.8 Å². The van der Waals surface area contributed by atoms with Crippen molar-refractivity contribution in [3.8, 4) is 51.2 Å². The van der Waals surface area contributed by atoms with E-state index in [1.807, 2.05) is 12.1 Å². The Labute approximate surface area is 251 Å². The Balaban J connectivity index is 1.54. The molecule has 0 amide bonds. The van der Waals surface area contributed by atoms with Gasteiger partial charge in [0.05, 0.1) is 34.3 Å². The summed E-state index contributed by atoms with van der Waals surface area (Å²) in [6.45, 7) is 4.32. The molecule has 0 aliphatic heterocycles. The molecule has 1 aromatic heterocycles. The average Bonchev–Trinajstić information content (AvgIpc) is 3.37. The second kappa shape index (κ2) is 10.5. The first kappa shape index (κ1) is 26.0. The molecule has 43 heavy (non-hydrogen) atoms. The van der Waals surface area contributed by atoms with E-state index in [0.717, 1.165) is 38.6 Å². The van der Waals surface area contributed by atoms with Crippen LogP contribution in [0.2, 0.25) is 0 Å². The quantitative estimate of drug-likeness (QED) is 0.219. The predicted octanol–water partition coefficient (Wildman–Crippen LogP) is 10.1. The van der Waals surface area contributed by atoms with E-state index in [-0.39, 0.29) is 0 Å². The van der Waals surface area contributed by atoms with Crippen molar-refractivity contribution in [2.75, 3.05) is 0 Å². The van der Waals surface area contributed by atoms with Crippen LogP contribution >= 0.6 is 0 Å². The molecule has 0 saturated heterocycles. The van der Waals surface area contributed by atoms with Crippen LogP contribution in [0.4, 0.5) is 0 Å². The second-order valence-corrected chi connectivity index (χ2v) is 10.9. The predicted molar refractivity (Wildman–Crippen MR) is 176 cm³/mol. The molecule has 0 bridgehead atoms. The molecule has 0 atom stereocenters. The van der Waals surface area contributed by atoms with Gasteiger partial charge in [0.25, 0.3) is 0 Å². The molecule has 0 aliphatic carbocycles. The minimum Gasteiger partial charge on any atom is -0.309 e. The number of aromatic nitrogens is 1. The molecule has 202 valence electrons. The molecule has 0 saturated carbocycles. The number of aryl methyl sites for hydroxylation is 2. The van der Waals surface area contributed by atoms with Crippen LogP contribution in [0, 0.1) is 36.5 Å². The molecule has 3 heteroatoms. The Morgan fingerprint density at radius 3 is 1.60 bits per heavy atom. The fraction of sp³-hybridized carbons (Fsp3) is 0.0500. The number of hydrogen-bond acceptors (Lipinski definition) is 2. The zero-order valence-electron chi connectivity index (χ0n) is 24.0. The third-order valence-electron chi connectivity index (χ3n) is 8.34. The van der Waals surface area contributed by atoms with Crippen LogP contribution < -0.4 is 0 Å². The molecule has 1 heterocycles. The van der Waals surface area contributed by atoms with Crippen LogP contribution in [0.15, 0.2) is 127 Å². The van der Waals surface area contributed by atoms with Crippen LogP contribution in [0.3, 0.4) is 0 Å². The maximum atomic E-state index is 9.91. The largest absolute Gasteiger partial charge is 0.309 e. The van der Waals surface area contributed by atoms with E-state index in [0.29, 0.717) is 16.7 Å². The molecule has 7 rings (SSSR count). The third-order valence-corrected chi connectivity index (χ3v) is 8.34. The Bertz CT molecular complexity index is 2220. The number of fused-ring (bicyclic) bond motifs is 3. The SMILES string of the molecule is Cc1cccc(C)c1-c1ccc2c(c1)c1cc(-c3c(C#N)cccc3C#N)ccc1n2-c1cccc(-c2ccccc2)c1. The smallest absolute Gasteiger partial charge is 0.0998 e. The Kier molecular flexibility index (Phi) is 6.35. The van der Waals surface area contributed by atoms with Gasteiger partial charge in [-0.05, 0) is 101 Å². The molecule has 7 aromatic rings. The molecular formula is C40H27N3. The normalized spacial score (nSPS) is 11.0.